The second kappa shape index (κ2) is 5.98. The van der Waals surface area contributed by atoms with Crippen molar-refractivity contribution < 1.29 is 9.21 Å². The molecule has 0 aromatic carbocycles. The van der Waals surface area contributed by atoms with Crippen molar-refractivity contribution in [2.75, 3.05) is 7.05 Å². The normalized spacial score (nSPS) is 13.0. The lowest BCUT2D eigenvalue weighted by Gasteiger charge is -2.21. The summed E-state index contributed by atoms with van der Waals surface area (Å²) in [4.78, 5) is 18.9. The average Bonchev–Trinajstić information content (AvgIpc) is 3.21. The van der Waals surface area contributed by atoms with Crippen LogP contribution in [0, 0.1) is 0 Å². The molecule has 1 atom stereocenters. The van der Waals surface area contributed by atoms with Crippen LogP contribution in [0.4, 0.5) is 0 Å². The minimum atomic E-state index is -0.144. The maximum atomic E-state index is 12.3. The number of imidazole rings is 1. The van der Waals surface area contributed by atoms with E-state index < -0.39 is 0 Å². The number of carbonyl (C=O) groups excluding carboxylic acids is 1. The third-order valence-electron chi connectivity index (χ3n) is 3.52. The Morgan fingerprint density at radius 3 is 3.14 bits per heavy atom. The number of hydrogen-bond acceptors (Lipinski definition) is 4. The molecule has 0 aliphatic carbocycles. The fraction of sp³-hybridized carbons (Fsp3) is 0.200. The number of aromatic nitrogens is 2. The third kappa shape index (κ3) is 2.67. The lowest BCUT2D eigenvalue weighted by atomic mass is 10.2. The fourth-order valence-corrected chi connectivity index (χ4v) is 3.11. The number of halogens is 1. The molecule has 0 saturated carbocycles. The van der Waals surface area contributed by atoms with Gasteiger partial charge in [0.25, 0.3) is 0 Å². The van der Waals surface area contributed by atoms with Crippen LogP contribution in [0.25, 0.3) is 11.0 Å². The molecule has 114 valence electrons. The van der Waals surface area contributed by atoms with E-state index >= 15 is 0 Å². The van der Waals surface area contributed by atoms with Gasteiger partial charge in [-0.25, -0.2) is 4.98 Å². The van der Waals surface area contributed by atoms with Crippen LogP contribution in [0.2, 0.25) is 5.15 Å². The summed E-state index contributed by atoms with van der Waals surface area (Å²) in [5.74, 6) is 0.608. The van der Waals surface area contributed by atoms with Crippen molar-refractivity contribution in [3.8, 4) is 0 Å². The van der Waals surface area contributed by atoms with Gasteiger partial charge in [-0.15, -0.1) is 11.3 Å². The largest absolute Gasteiger partial charge is 0.467 e. The van der Waals surface area contributed by atoms with Crippen molar-refractivity contribution in [1.29, 1.82) is 0 Å². The third-order valence-corrected chi connectivity index (χ3v) is 4.56. The Balaban J connectivity index is 1.78. The molecule has 3 heterocycles. The predicted octanol–water partition coefficient (Wildman–Crippen LogP) is 3.88. The van der Waals surface area contributed by atoms with Gasteiger partial charge in [0.2, 0.25) is 5.91 Å². The number of hydrogen-bond donors (Lipinski definition) is 0. The van der Waals surface area contributed by atoms with Crippen LogP contribution in [0.5, 0.6) is 0 Å². The van der Waals surface area contributed by atoms with Gasteiger partial charge in [0.05, 0.1) is 18.0 Å². The molecule has 1 amide bonds. The first kappa shape index (κ1) is 14.9. The number of carbonyl (C=O) groups is 1. The van der Waals surface area contributed by atoms with Gasteiger partial charge in [0, 0.05) is 24.7 Å². The summed E-state index contributed by atoms with van der Waals surface area (Å²) < 4.78 is 7.19. The van der Waals surface area contributed by atoms with Gasteiger partial charge in [-0.05, 0) is 25.1 Å². The van der Waals surface area contributed by atoms with Gasteiger partial charge < -0.3 is 9.32 Å². The van der Waals surface area contributed by atoms with E-state index in [1.165, 1.54) is 17.4 Å². The zero-order valence-corrected chi connectivity index (χ0v) is 13.6. The Hall–Kier alpha value is -2.05. The standard InChI is InChI=1S/C15H14ClN3O2S/c1-10(12-4-3-8-21-12)18(2)13(20)6-5-11-14(16)17-15-19(11)7-9-22-15/h3-10H,1-2H3/b6-5+. The first-order chi connectivity index (χ1) is 10.6. The van der Waals surface area contributed by atoms with Gasteiger partial charge in [-0.3, -0.25) is 9.20 Å². The van der Waals surface area contributed by atoms with Crippen molar-refractivity contribution in [2.45, 2.75) is 13.0 Å². The molecule has 3 aromatic rings. The Kier molecular flexibility index (Phi) is 4.04. The maximum absolute atomic E-state index is 12.3. The SMILES string of the molecule is CC(c1ccco1)N(C)C(=O)/C=C/c1c(Cl)nc2sccn12. The number of likely N-dealkylation sites (N-methyl/N-ethyl adjacent to an activating group) is 1. The number of furan rings is 1. The number of nitrogens with zero attached hydrogens (tertiary/aromatic N) is 3. The Labute approximate surface area is 136 Å². The fourth-order valence-electron chi connectivity index (χ4n) is 2.10. The first-order valence-corrected chi connectivity index (χ1v) is 7.93. The van der Waals surface area contributed by atoms with Crippen LogP contribution in [-0.4, -0.2) is 27.2 Å². The van der Waals surface area contributed by atoms with E-state index in [-0.39, 0.29) is 11.9 Å². The monoisotopic (exact) mass is 335 g/mol. The van der Waals surface area contributed by atoms with Crippen molar-refractivity contribution >= 4 is 39.9 Å². The quantitative estimate of drug-likeness (QED) is 0.680. The van der Waals surface area contributed by atoms with E-state index in [0.29, 0.717) is 10.8 Å². The summed E-state index contributed by atoms with van der Waals surface area (Å²) in [7, 11) is 1.73. The summed E-state index contributed by atoms with van der Waals surface area (Å²) in [5, 5.41) is 2.31. The molecule has 0 spiro atoms. The molecule has 0 fully saturated rings. The van der Waals surface area contributed by atoms with Gasteiger partial charge in [-0.1, -0.05) is 11.6 Å². The van der Waals surface area contributed by atoms with E-state index in [9.17, 15) is 4.79 Å². The summed E-state index contributed by atoms with van der Waals surface area (Å²) in [6.07, 6.45) is 6.65. The summed E-state index contributed by atoms with van der Waals surface area (Å²) in [5.41, 5.74) is 0.699. The maximum Gasteiger partial charge on any atom is 0.246 e. The zero-order chi connectivity index (χ0) is 15.7. The topological polar surface area (TPSA) is 50.8 Å². The van der Waals surface area contributed by atoms with Crippen LogP contribution >= 0.6 is 22.9 Å². The van der Waals surface area contributed by atoms with Gasteiger partial charge in [-0.2, -0.15) is 0 Å². The summed E-state index contributed by atoms with van der Waals surface area (Å²) in [6, 6.07) is 3.51. The smallest absolute Gasteiger partial charge is 0.246 e. The highest BCUT2D eigenvalue weighted by Crippen LogP contribution is 2.23. The number of rotatable bonds is 4. The molecule has 5 nitrogen and oxygen atoms in total. The van der Waals surface area contributed by atoms with Crippen molar-refractivity contribution in [3.63, 3.8) is 0 Å². The lowest BCUT2D eigenvalue weighted by molar-refractivity contribution is -0.126. The second-order valence-electron chi connectivity index (χ2n) is 4.82. The molecule has 0 saturated heterocycles. The van der Waals surface area contributed by atoms with E-state index in [2.05, 4.69) is 4.98 Å². The van der Waals surface area contributed by atoms with E-state index in [1.54, 1.807) is 30.4 Å². The van der Waals surface area contributed by atoms with Crippen LogP contribution in [0.1, 0.15) is 24.4 Å². The molecule has 22 heavy (non-hydrogen) atoms. The molecular weight excluding hydrogens is 322 g/mol. The number of fused-ring (bicyclic) bond motifs is 1. The molecule has 0 aliphatic heterocycles. The molecule has 3 aromatic heterocycles. The molecule has 3 rings (SSSR count). The van der Waals surface area contributed by atoms with Crippen molar-refractivity contribution in [3.05, 3.63) is 52.7 Å². The summed E-state index contributed by atoms with van der Waals surface area (Å²) in [6.45, 7) is 1.91. The van der Waals surface area contributed by atoms with Crippen molar-refractivity contribution in [2.24, 2.45) is 0 Å². The number of amides is 1. The lowest BCUT2D eigenvalue weighted by Crippen LogP contribution is -2.27. The molecule has 0 bridgehead atoms. The minimum absolute atomic E-state index is 0.134. The molecule has 0 radical (unpaired) electrons. The Morgan fingerprint density at radius 2 is 2.41 bits per heavy atom. The molecular formula is C15H14ClN3O2S. The molecule has 1 unspecified atom stereocenters. The van der Waals surface area contributed by atoms with Gasteiger partial charge >= 0.3 is 0 Å². The highest BCUT2D eigenvalue weighted by atomic mass is 35.5. The van der Waals surface area contributed by atoms with Crippen molar-refractivity contribution in [1.82, 2.24) is 14.3 Å². The van der Waals surface area contributed by atoms with E-state index in [1.807, 2.05) is 29.0 Å². The van der Waals surface area contributed by atoms with Crippen LogP contribution < -0.4 is 0 Å². The van der Waals surface area contributed by atoms with E-state index in [0.717, 1.165) is 10.7 Å². The summed E-state index contributed by atoms with van der Waals surface area (Å²) >= 11 is 7.59. The Morgan fingerprint density at radius 1 is 1.59 bits per heavy atom. The zero-order valence-electron chi connectivity index (χ0n) is 12.1. The van der Waals surface area contributed by atoms with Gasteiger partial charge in [0.1, 0.15) is 5.76 Å². The number of thiazole rings is 1. The van der Waals surface area contributed by atoms with E-state index in [4.69, 9.17) is 16.0 Å². The van der Waals surface area contributed by atoms with Crippen LogP contribution in [0.15, 0.2) is 40.5 Å². The molecule has 7 heteroatoms. The average molecular weight is 336 g/mol. The highest BCUT2D eigenvalue weighted by Gasteiger charge is 2.18. The second-order valence-corrected chi connectivity index (χ2v) is 6.05. The first-order valence-electron chi connectivity index (χ1n) is 6.67. The highest BCUT2D eigenvalue weighted by molar-refractivity contribution is 7.15. The van der Waals surface area contributed by atoms with Crippen LogP contribution in [0.3, 0.4) is 0 Å². The van der Waals surface area contributed by atoms with Crippen LogP contribution in [-0.2, 0) is 4.79 Å². The molecule has 0 N–H and O–H groups in total. The molecule has 0 aliphatic rings. The van der Waals surface area contributed by atoms with Gasteiger partial charge in [0.15, 0.2) is 10.1 Å². The predicted molar refractivity (Wildman–Crippen MR) is 87.0 cm³/mol. The Bertz CT molecular complexity index is 819. The minimum Gasteiger partial charge on any atom is -0.467 e.